The summed E-state index contributed by atoms with van der Waals surface area (Å²) in [6.45, 7) is 6.90. The number of hydrogen-bond donors (Lipinski definition) is 0. The molecule has 0 fully saturated rings. The zero-order chi connectivity index (χ0) is 39.7. The Hall–Kier alpha value is -6.82. The summed E-state index contributed by atoms with van der Waals surface area (Å²) in [5, 5.41) is 3.48. The smallest absolute Gasteiger partial charge is 0.252 e. The number of thiophene rings is 1. The molecule has 282 valence electrons. The van der Waals surface area contributed by atoms with E-state index in [2.05, 4.69) is 235 Å². The van der Waals surface area contributed by atoms with Crippen LogP contribution >= 0.6 is 11.3 Å². The van der Waals surface area contributed by atoms with Crippen LogP contribution in [-0.4, -0.2) is 6.71 Å². The highest BCUT2D eigenvalue weighted by Gasteiger charge is 2.43. The predicted molar refractivity (Wildman–Crippen MR) is 255 cm³/mol. The molecule has 3 nitrogen and oxygen atoms in total. The summed E-state index contributed by atoms with van der Waals surface area (Å²) in [5.74, 6) is 0. The third-order valence-electron chi connectivity index (χ3n) is 12.1. The van der Waals surface area contributed by atoms with Gasteiger partial charge < -0.3 is 14.7 Å². The van der Waals surface area contributed by atoms with Crippen LogP contribution < -0.4 is 31.1 Å². The van der Waals surface area contributed by atoms with Gasteiger partial charge in [0.25, 0.3) is 6.71 Å². The topological polar surface area (TPSA) is 9.72 Å². The molecule has 0 spiro atoms. The van der Waals surface area contributed by atoms with Gasteiger partial charge in [0.05, 0.1) is 11.4 Å². The van der Waals surface area contributed by atoms with Gasteiger partial charge in [0.2, 0.25) is 0 Å². The van der Waals surface area contributed by atoms with Crippen molar-refractivity contribution in [2.24, 2.45) is 0 Å². The van der Waals surface area contributed by atoms with Crippen LogP contribution in [0.15, 0.2) is 200 Å². The summed E-state index contributed by atoms with van der Waals surface area (Å²) in [4.78, 5) is 7.49. The summed E-state index contributed by atoms with van der Waals surface area (Å²) in [6, 6.07) is 71.8. The third kappa shape index (κ3) is 5.79. The van der Waals surface area contributed by atoms with Gasteiger partial charge in [0, 0.05) is 55.5 Å². The SMILES string of the molecule is CC(C)(C)c1ccc(N(c2cc3c4c(c2)N(c2ccccc2)c2ccccc2B4c2ccccc2N3c2ccccc2)c2ccc3sccc3c2-c2ccccc2)cc1. The van der Waals surface area contributed by atoms with E-state index >= 15 is 0 Å². The first-order valence-corrected chi connectivity index (χ1v) is 21.3. The molecule has 8 aromatic carbocycles. The van der Waals surface area contributed by atoms with Crippen LogP contribution in [0.2, 0.25) is 0 Å². The van der Waals surface area contributed by atoms with Crippen molar-refractivity contribution in [1.29, 1.82) is 0 Å². The summed E-state index contributed by atoms with van der Waals surface area (Å²) in [7, 11) is 0. The number of fused-ring (bicyclic) bond motifs is 5. The van der Waals surface area contributed by atoms with Crippen LogP contribution in [0.4, 0.5) is 51.2 Å². The summed E-state index contributed by atoms with van der Waals surface area (Å²) in [6.07, 6.45) is 0. The van der Waals surface area contributed by atoms with E-state index in [0.717, 1.165) is 28.4 Å². The van der Waals surface area contributed by atoms with Crippen LogP contribution in [0.5, 0.6) is 0 Å². The van der Waals surface area contributed by atoms with Crippen molar-refractivity contribution in [1.82, 2.24) is 0 Å². The van der Waals surface area contributed by atoms with Crippen molar-refractivity contribution in [3.63, 3.8) is 0 Å². The number of para-hydroxylation sites is 4. The molecule has 0 aliphatic carbocycles. The van der Waals surface area contributed by atoms with Crippen molar-refractivity contribution >= 4 is 95.7 Å². The zero-order valence-corrected chi connectivity index (χ0v) is 34.2. The minimum Gasteiger partial charge on any atom is -0.311 e. The fourth-order valence-electron chi connectivity index (χ4n) is 9.39. The van der Waals surface area contributed by atoms with Crippen LogP contribution in [0.25, 0.3) is 21.2 Å². The Morgan fingerprint density at radius 2 is 1.02 bits per heavy atom. The van der Waals surface area contributed by atoms with Crippen molar-refractivity contribution in [2.75, 3.05) is 14.7 Å². The molecule has 0 radical (unpaired) electrons. The lowest BCUT2D eigenvalue weighted by molar-refractivity contribution is 0.590. The molecule has 2 aliphatic heterocycles. The average Bonchev–Trinajstić information content (AvgIpc) is 3.76. The third-order valence-corrected chi connectivity index (χ3v) is 12.9. The lowest BCUT2D eigenvalue weighted by Gasteiger charge is -2.45. The molecule has 0 N–H and O–H groups in total. The Bertz CT molecular complexity index is 2880. The summed E-state index contributed by atoms with van der Waals surface area (Å²) >= 11 is 1.80. The van der Waals surface area contributed by atoms with E-state index in [1.54, 1.807) is 11.3 Å². The van der Waals surface area contributed by atoms with Crippen molar-refractivity contribution in [3.05, 3.63) is 205 Å². The first-order chi connectivity index (χ1) is 28.9. The Morgan fingerprint density at radius 3 is 1.58 bits per heavy atom. The van der Waals surface area contributed by atoms with E-state index in [4.69, 9.17) is 0 Å². The maximum atomic E-state index is 2.50. The molecule has 5 heteroatoms. The van der Waals surface area contributed by atoms with Crippen LogP contribution in [0, 0.1) is 0 Å². The first kappa shape index (κ1) is 35.4. The van der Waals surface area contributed by atoms with Crippen molar-refractivity contribution in [2.45, 2.75) is 26.2 Å². The number of nitrogens with zero attached hydrogens (tertiary/aromatic N) is 3. The van der Waals surface area contributed by atoms with Gasteiger partial charge in [-0.1, -0.05) is 136 Å². The van der Waals surface area contributed by atoms with Crippen molar-refractivity contribution in [3.8, 4) is 11.1 Å². The Balaban J connectivity index is 1.27. The number of benzene rings is 8. The molecule has 0 atom stereocenters. The normalized spacial score (nSPS) is 12.9. The van der Waals surface area contributed by atoms with Gasteiger partial charge in [0.1, 0.15) is 0 Å². The molecule has 3 heterocycles. The van der Waals surface area contributed by atoms with Gasteiger partial charge >= 0.3 is 0 Å². The highest BCUT2D eigenvalue weighted by Crippen LogP contribution is 2.50. The summed E-state index contributed by atoms with van der Waals surface area (Å²) in [5.41, 5.74) is 18.0. The Labute approximate surface area is 351 Å². The molecule has 11 rings (SSSR count). The number of rotatable bonds is 6. The largest absolute Gasteiger partial charge is 0.311 e. The second-order valence-corrected chi connectivity index (χ2v) is 17.5. The molecule has 0 saturated heterocycles. The van der Waals surface area contributed by atoms with Gasteiger partial charge in [-0.15, -0.1) is 11.3 Å². The minimum absolute atomic E-state index is 0.0201. The van der Waals surface area contributed by atoms with Gasteiger partial charge in [-0.25, -0.2) is 0 Å². The zero-order valence-electron chi connectivity index (χ0n) is 33.4. The molecule has 0 bridgehead atoms. The lowest BCUT2D eigenvalue weighted by Crippen LogP contribution is -2.61. The highest BCUT2D eigenvalue weighted by atomic mass is 32.1. The van der Waals surface area contributed by atoms with E-state index in [1.165, 1.54) is 65.9 Å². The Morgan fingerprint density at radius 1 is 0.492 bits per heavy atom. The van der Waals surface area contributed by atoms with Crippen LogP contribution in [0.3, 0.4) is 0 Å². The fraction of sp³-hybridized carbons (Fsp3) is 0.0741. The standard InChI is InChI=1S/C54H42BN3S/c1-54(2,3)38-27-29-41(30-28-38)56(48-31-32-51-43(33-34-59-51)52(48)37-17-7-4-8-18-37)42-35-49-53-50(36-42)58(40-21-11-6-12-22-40)47-26-16-14-24-45(47)55(53)44-23-13-15-25-46(44)57(49)39-19-9-5-10-20-39/h4-36H,1-3H3. The molecule has 0 amide bonds. The molecule has 0 unspecified atom stereocenters. The van der Waals surface area contributed by atoms with E-state index in [0.29, 0.717) is 0 Å². The monoisotopic (exact) mass is 775 g/mol. The van der Waals surface area contributed by atoms with Crippen molar-refractivity contribution < 1.29 is 0 Å². The van der Waals surface area contributed by atoms with Gasteiger partial charge in [0.15, 0.2) is 0 Å². The fourth-order valence-corrected chi connectivity index (χ4v) is 10.2. The van der Waals surface area contributed by atoms with Crippen LogP contribution in [-0.2, 0) is 5.41 Å². The minimum atomic E-state index is 0.0201. The lowest BCUT2D eigenvalue weighted by atomic mass is 9.33. The number of anilines is 9. The van der Waals surface area contributed by atoms with E-state index in [9.17, 15) is 0 Å². The van der Waals surface area contributed by atoms with E-state index < -0.39 is 0 Å². The molecule has 2 aliphatic rings. The molecule has 59 heavy (non-hydrogen) atoms. The molecule has 1 aromatic heterocycles. The summed E-state index contributed by atoms with van der Waals surface area (Å²) < 4.78 is 1.28. The molecular weight excluding hydrogens is 733 g/mol. The second-order valence-electron chi connectivity index (χ2n) is 16.6. The van der Waals surface area contributed by atoms with Gasteiger partial charge in [-0.05, 0) is 117 Å². The maximum absolute atomic E-state index is 2.50. The van der Waals surface area contributed by atoms with E-state index in [1.807, 2.05) is 0 Å². The van der Waals surface area contributed by atoms with E-state index in [-0.39, 0.29) is 12.1 Å². The maximum Gasteiger partial charge on any atom is 0.252 e. The molecule has 0 saturated carbocycles. The average molecular weight is 776 g/mol. The highest BCUT2D eigenvalue weighted by molar-refractivity contribution is 7.17. The van der Waals surface area contributed by atoms with Gasteiger partial charge in [-0.2, -0.15) is 0 Å². The second kappa shape index (κ2) is 13.9. The van der Waals surface area contributed by atoms with Crippen LogP contribution in [0.1, 0.15) is 26.3 Å². The predicted octanol–water partition coefficient (Wildman–Crippen LogP) is 13.4. The molecule has 9 aromatic rings. The number of hydrogen-bond acceptors (Lipinski definition) is 4. The first-order valence-electron chi connectivity index (χ1n) is 20.5. The van der Waals surface area contributed by atoms with Gasteiger partial charge in [-0.3, -0.25) is 0 Å². The Kier molecular flexibility index (Phi) is 8.35. The quantitative estimate of drug-likeness (QED) is 0.156. The molecular formula is C54H42BN3S.